The molecule has 3 nitrogen and oxygen atoms in total. The maximum Gasteiger partial charge on any atom is 0.254 e. The van der Waals surface area contributed by atoms with Crippen LogP contribution < -0.4 is 5.32 Å². The maximum absolute atomic E-state index is 12.7. The molecule has 1 atom stereocenters. The van der Waals surface area contributed by atoms with Crippen molar-refractivity contribution in [1.29, 1.82) is 0 Å². The summed E-state index contributed by atoms with van der Waals surface area (Å²) in [4.78, 5) is 17.1. The van der Waals surface area contributed by atoms with Gasteiger partial charge in [-0.15, -0.1) is 11.8 Å². The molecule has 132 valence electrons. The number of carbonyl (C=O) groups is 1. The third kappa shape index (κ3) is 5.08. The van der Waals surface area contributed by atoms with E-state index >= 15 is 0 Å². The van der Waals surface area contributed by atoms with E-state index in [1.807, 2.05) is 18.2 Å². The summed E-state index contributed by atoms with van der Waals surface area (Å²) in [6, 6.07) is 14.5. The second-order valence-corrected chi connectivity index (χ2v) is 7.80. The van der Waals surface area contributed by atoms with Crippen molar-refractivity contribution in [3.63, 3.8) is 0 Å². The van der Waals surface area contributed by atoms with Gasteiger partial charge in [0, 0.05) is 18.0 Å². The van der Waals surface area contributed by atoms with Crippen molar-refractivity contribution in [1.82, 2.24) is 10.3 Å². The number of rotatable bonds is 6. The summed E-state index contributed by atoms with van der Waals surface area (Å²) < 4.78 is 0. The molecule has 3 rings (SSSR count). The summed E-state index contributed by atoms with van der Waals surface area (Å²) in [5, 5.41) is 4.03. The van der Waals surface area contributed by atoms with Gasteiger partial charge in [0.15, 0.2) is 0 Å². The first-order valence-corrected chi connectivity index (χ1v) is 10.2. The van der Waals surface area contributed by atoms with E-state index in [0.717, 1.165) is 23.6 Å². The molecule has 1 heterocycles. The van der Waals surface area contributed by atoms with Crippen molar-refractivity contribution >= 4 is 17.7 Å². The van der Waals surface area contributed by atoms with Gasteiger partial charge in [0.25, 0.3) is 5.91 Å². The zero-order chi connectivity index (χ0) is 17.5. The van der Waals surface area contributed by atoms with Gasteiger partial charge in [-0.2, -0.15) is 0 Å². The first-order chi connectivity index (χ1) is 12.2. The molecule has 1 saturated carbocycles. The molecule has 0 aliphatic heterocycles. The second-order valence-electron chi connectivity index (χ2n) is 6.79. The van der Waals surface area contributed by atoms with Crippen molar-refractivity contribution in [2.75, 3.05) is 5.75 Å². The number of amides is 1. The molecule has 1 aromatic carbocycles. The lowest BCUT2D eigenvalue weighted by molar-refractivity contribution is 0.0924. The average molecular weight is 355 g/mol. The molecule has 1 N–H and O–H groups in total. The minimum Gasteiger partial charge on any atom is -0.349 e. The Morgan fingerprint density at radius 3 is 2.68 bits per heavy atom. The molecule has 1 unspecified atom stereocenters. The van der Waals surface area contributed by atoms with E-state index < -0.39 is 0 Å². The van der Waals surface area contributed by atoms with Gasteiger partial charge in [0.05, 0.1) is 5.56 Å². The van der Waals surface area contributed by atoms with Crippen LogP contribution in [0.15, 0.2) is 53.7 Å². The molecule has 0 bridgehead atoms. The van der Waals surface area contributed by atoms with Gasteiger partial charge in [-0.25, -0.2) is 4.98 Å². The van der Waals surface area contributed by atoms with Crippen molar-refractivity contribution in [3.05, 3.63) is 59.8 Å². The lowest BCUT2D eigenvalue weighted by Crippen LogP contribution is -2.36. The highest BCUT2D eigenvalue weighted by atomic mass is 32.2. The van der Waals surface area contributed by atoms with E-state index in [4.69, 9.17) is 0 Å². The lowest BCUT2D eigenvalue weighted by Gasteiger charge is -2.23. The zero-order valence-corrected chi connectivity index (χ0v) is 15.6. The van der Waals surface area contributed by atoms with Gasteiger partial charge in [0.1, 0.15) is 5.03 Å². The van der Waals surface area contributed by atoms with Crippen molar-refractivity contribution in [2.45, 2.75) is 56.0 Å². The number of benzene rings is 1. The van der Waals surface area contributed by atoms with E-state index in [0.29, 0.717) is 17.5 Å². The predicted molar refractivity (Wildman–Crippen MR) is 104 cm³/mol. The number of nitrogens with zero attached hydrogens (tertiary/aromatic N) is 1. The van der Waals surface area contributed by atoms with Gasteiger partial charge in [0.2, 0.25) is 0 Å². The molecule has 1 aromatic heterocycles. The highest BCUT2D eigenvalue weighted by molar-refractivity contribution is 7.99. The molecule has 1 amide bonds. The van der Waals surface area contributed by atoms with Crippen LogP contribution >= 0.6 is 11.8 Å². The third-order valence-electron chi connectivity index (χ3n) is 4.79. The van der Waals surface area contributed by atoms with Crippen LogP contribution in [0.4, 0.5) is 0 Å². The molecule has 1 fully saturated rings. The number of hydrogen-bond donors (Lipinski definition) is 1. The van der Waals surface area contributed by atoms with Crippen LogP contribution in [-0.2, 0) is 0 Å². The first kappa shape index (κ1) is 18.0. The number of hydrogen-bond acceptors (Lipinski definition) is 3. The standard InChI is InChI=1S/C21H26N2OS/c1-16(17-9-4-2-5-10-17)15-25-21-19(13-8-14-22-21)20(24)23-18-11-6-3-7-12-18/h2,4-5,8-10,13-14,16,18H,3,6-7,11-12,15H2,1H3,(H,23,24). The van der Waals surface area contributed by atoms with E-state index in [1.165, 1.54) is 24.8 Å². The smallest absolute Gasteiger partial charge is 0.254 e. The number of carbonyl (C=O) groups excluding carboxylic acids is 1. The number of pyridine rings is 1. The van der Waals surface area contributed by atoms with E-state index in [-0.39, 0.29) is 5.91 Å². The zero-order valence-electron chi connectivity index (χ0n) is 14.8. The maximum atomic E-state index is 12.7. The summed E-state index contributed by atoms with van der Waals surface area (Å²) in [5.41, 5.74) is 2.03. The molecule has 0 radical (unpaired) electrons. The van der Waals surface area contributed by atoms with E-state index in [1.54, 1.807) is 18.0 Å². The summed E-state index contributed by atoms with van der Waals surface area (Å²) in [6.45, 7) is 2.22. The topological polar surface area (TPSA) is 42.0 Å². The fraction of sp³-hybridized carbons (Fsp3) is 0.429. The molecular formula is C21H26N2OS. The van der Waals surface area contributed by atoms with Crippen LogP contribution in [0.1, 0.15) is 60.9 Å². The van der Waals surface area contributed by atoms with Crippen LogP contribution in [0.3, 0.4) is 0 Å². The number of aromatic nitrogens is 1. The molecular weight excluding hydrogens is 328 g/mol. The monoisotopic (exact) mass is 354 g/mol. The van der Waals surface area contributed by atoms with Crippen LogP contribution in [0.5, 0.6) is 0 Å². The quantitative estimate of drug-likeness (QED) is 0.739. The lowest BCUT2D eigenvalue weighted by atomic mass is 9.95. The highest BCUT2D eigenvalue weighted by Gasteiger charge is 2.19. The van der Waals surface area contributed by atoms with E-state index in [2.05, 4.69) is 41.5 Å². The Hall–Kier alpha value is -1.81. The number of thioether (sulfide) groups is 1. The molecule has 25 heavy (non-hydrogen) atoms. The highest BCUT2D eigenvalue weighted by Crippen LogP contribution is 2.27. The van der Waals surface area contributed by atoms with Crippen LogP contribution in [0.25, 0.3) is 0 Å². The Bertz CT molecular complexity index is 683. The van der Waals surface area contributed by atoms with Crippen molar-refractivity contribution in [3.8, 4) is 0 Å². The Morgan fingerprint density at radius 1 is 1.16 bits per heavy atom. The van der Waals surface area contributed by atoms with Gasteiger partial charge in [-0.05, 0) is 36.5 Å². The minimum atomic E-state index is 0.0230. The molecule has 1 aliphatic rings. The van der Waals surface area contributed by atoms with E-state index in [9.17, 15) is 4.79 Å². The fourth-order valence-electron chi connectivity index (χ4n) is 3.27. The van der Waals surface area contributed by atoms with Crippen LogP contribution in [-0.4, -0.2) is 22.7 Å². The third-order valence-corrected chi connectivity index (χ3v) is 6.06. The van der Waals surface area contributed by atoms with Gasteiger partial charge in [-0.1, -0.05) is 56.5 Å². The summed E-state index contributed by atoms with van der Waals surface area (Å²) in [5.74, 6) is 1.35. The molecule has 4 heteroatoms. The van der Waals surface area contributed by atoms with Gasteiger partial charge in [-0.3, -0.25) is 4.79 Å². The SMILES string of the molecule is CC(CSc1ncccc1C(=O)NC1CCCCC1)c1ccccc1. The molecule has 0 saturated heterocycles. The summed E-state index contributed by atoms with van der Waals surface area (Å²) >= 11 is 1.67. The van der Waals surface area contributed by atoms with Gasteiger partial charge < -0.3 is 5.32 Å². The van der Waals surface area contributed by atoms with Gasteiger partial charge >= 0.3 is 0 Å². The first-order valence-electron chi connectivity index (χ1n) is 9.17. The Morgan fingerprint density at radius 2 is 1.92 bits per heavy atom. The number of nitrogens with one attached hydrogen (secondary N) is 1. The molecule has 0 spiro atoms. The van der Waals surface area contributed by atoms with Crippen LogP contribution in [0.2, 0.25) is 0 Å². The van der Waals surface area contributed by atoms with Crippen LogP contribution in [0, 0.1) is 0 Å². The predicted octanol–water partition coefficient (Wildman–Crippen LogP) is 5.04. The van der Waals surface area contributed by atoms with Crippen molar-refractivity contribution in [2.24, 2.45) is 0 Å². The second kappa shape index (κ2) is 9.04. The fourth-order valence-corrected chi connectivity index (χ4v) is 4.32. The largest absolute Gasteiger partial charge is 0.349 e. The summed E-state index contributed by atoms with van der Waals surface area (Å²) in [7, 11) is 0. The minimum absolute atomic E-state index is 0.0230. The Balaban J connectivity index is 1.63. The Kier molecular flexibility index (Phi) is 6.51. The average Bonchev–Trinajstić information content (AvgIpc) is 2.68. The van der Waals surface area contributed by atoms with Crippen molar-refractivity contribution < 1.29 is 4.79 Å². The molecule has 1 aliphatic carbocycles. The summed E-state index contributed by atoms with van der Waals surface area (Å²) in [6.07, 6.45) is 7.69. The normalized spacial score (nSPS) is 16.4. The molecule has 2 aromatic rings. The Labute approximate surface area is 154 Å².